The van der Waals surface area contributed by atoms with Crippen molar-refractivity contribution in [1.82, 2.24) is 5.32 Å². The molecule has 0 aliphatic rings. The predicted octanol–water partition coefficient (Wildman–Crippen LogP) is 2.63. The standard InChI is InChI=1S/C22H31NO8/c1-5-7-20(25)30-18-10-9-16(12-19(18)31-21(26)8-6-2)11-17(22(27)28)23-13-14(3)29-15(4)24/h9-10,12,14,17,23H,5-8,11,13H2,1-4H3,(H,27,28)/t14?,17-/m0/s1. The largest absolute Gasteiger partial charge is 0.480 e. The summed E-state index contributed by atoms with van der Waals surface area (Å²) >= 11 is 0. The molecule has 0 amide bonds. The first-order valence-electron chi connectivity index (χ1n) is 10.3. The first-order valence-corrected chi connectivity index (χ1v) is 10.3. The van der Waals surface area contributed by atoms with Crippen molar-refractivity contribution < 1.29 is 38.5 Å². The molecule has 0 saturated heterocycles. The second-order valence-electron chi connectivity index (χ2n) is 7.15. The third-order valence-electron chi connectivity index (χ3n) is 4.12. The van der Waals surface area contributed by atoms with E-state index in [2.05, 4.69) is 5.32 Å². The predicted molar refractivity (Wildman–Crippen MR) is 112 cm³/mol. The minimum atomic E-state index is -1.09. The van der Waals surface area contributed by atoms with Crippen LogP contribution >= 0.6 is 0 Å². The minimum absolute atomic E-state index is 0.0674. The number of hydrogen-bond donors (Lipinski definition) is 2. The van der Waals surface area contributed by atoms with Gasteiger partial charge in [-0.25, -0.2) is 0 Å². The number of benzene rings is 1. The fourth-order valence-corrected chi connectivity index (χ4v) is 2.71. The van der Waals surface area contributed by atoms with E-state index in [-0.39, 0.29) is 37.3 Å². The second-order valence-corrected chi connectivity index (χ2v) is 7.15. The number of carboxylic acid groups (broad SMARTS) is 1. The Morgan fingerprint density at radius 3 is 2.10 bits per heavy atom. The molecule has 1 rings (SSSR count). The van der Waals surface area contributed by atoms with Crippen LogP contribution in [-0.2, 0) is 30.3 Å². The summed E-state index contributed by atoms with van der Waals surface area (Å²) in [6.07, 6.45) is 1.19. The molecule has 1 aromatic carbocycles. The van der Waals surface area contributed by atoms with Gasteiger partial charge in [-0.15, -0.1) is 0 Å². The number of carbonyl (C=O) groups is 4. The molecule has 1 aromatic rings. The third kappa shape index (κ3) is 10.1. The van der Waals surface area contributed by atoms with Crippen molar-refractivity contribution in [3.8, 4) is 11.5 Å². The molecule has 2 N–H and O–H groups in total. The molecule has 0 saturated carbocycles. The Bertz CT molecular complexity index is 777. The first-order chi connectivity index (χ1) is 14.7. The molecule has 31 heavy (non-hydrogen) atoms. The molecule has 0 spiro atoms. The Kier molecular flexibility index (Phi) is 11.3. The number of aliphatic carboxylic acids is 1. The molecule has 0 aliphatic carbocycles. The van der Waals surface area contributed by atoms with E-state index in [1.54, 1.807) is 13.0 Å². The lowest BCUT2D eigenvalue weighted by molar-refractivity contribution is -0.145. The van der Waals surface area contributed by atoms with Crippen molar-refractivity contribution in [3.05, 3.63) is 23.8 Å². The van der Waals surface area contributed by atoms with Gasteiger partial charge in [-0.2, -0.15) is 0 Å². The Labute approximate surface area is 182 Å². The van der Waals surface area contributed by atoms with Crippen LogP contribution in [0.1, 0.15) is 58.9 Å². The highest BCUT2D eigenvalue weighted by molar-refractivity contribution is 5.77. The van der Waals surface area contributed by atoms with E-state index < -0.39 is 36.0 Å². The number of rotatable bonds is 13. The van der Waals surface area contributed by atoms with E-state index in [0.29, 0.717) is 18.4 Å². The van der Waals surface area contributed by atoms with Gasteiger partial charge in [0.2, 0.25) is 0 Å². The van der Waals surface area contributed by atoms with Crippen molar-refractivity contribution in [2.24, 2.45) is 0 Å². The van der Waals surface area contributed by atoms with Crippen LogP contribution in [0.25, 0.3) is 0 Å². The average molecular weight is 437 g/mol. The third-order valence-corrected chi connectivity index (χ3v) is 4.12. The summed E-state index contributed by atoms with van der Waals surface area (Å²) in [4.78, 5) is 46.5. The number of ether oxygens (including phenoxy) is 3. The molecule has 9 nitrogen and oxygen atoms in total. The highest BCUT2D eigenvalue weighted by Crippen LogP contribution is 2.30. The molecule has 0 bridgehead atoms. The second kappa shape index (κ2) is 13.4. The first kappa shape index (κ1) is 26.1. The van der Waals surface area contributed by atoms with Gasteiger partial charge >= 0.3 is 23.9 Å². The zero-order chi connectivity index (χ0) is 23.4. The molecule has 0 aromatic heterocycles. The van der Waals surface area contributed by atoms with Crippen LogP contribution < -0.4 is 14.8 Å². The van der Waals surface area contributed by atoms with Gasteiger partial charge in [0.05, 0.1) is 0 Å². The molecule has 1 unspecified atom stereocenters. The Morgan fingerprint density at radius 2 is 1.58 bits per heavy atom. The van der Waals surface area contributed by atoms with Gasteiger partial charge in [0.1, 0.15) is 12.1 Å². The number of nitrogens with one attached hydrogen (secondary N) is 1. The van der Waals surface area contributed by atoms with Gasteiger partial charge in [0.25, 0.3) is 0 Å². The van der Waals surface area contributed by atoms with E-state index in [4.69, 9.17) is 14.2 Å². The van der Waals surface area contributed by atoms with Gasteiger partial charge in [-0.1, -0.05) is 19.9 Å². The van der Waals surface area contributed by atoms with Crippen LogP contribution in [0.3, 0.4) is 0 Å². The SMILES string of the molecule is CCCC(=O)Oc1ccc(C[C@H](NCC(C)OC(C)=O)C(=O)O)cc1OC(=O)CCC. The average Bonchev–Trinajstić information content (AvgIpc) is 2.66. The molecular formula is C22H31NO8. The molecule has 172 valence electrons. The van der Waals surface area contributed by atoms with E-state index in [1.807, 2.05) is 13.8 Å². The topological polar surface area (TPSA) is 128 Å². The number of carbonyl (C=O) groups excluding carboxylic acids is 3. The molecule has 0 fully saturated rings. The Hall–Kier alpha value is -2.94. The van der Waals surface area contributed by atoms with Crippen molar-refractivity contribution in [2.75, 3.05) is 6.54 Å². The summed E-state index contributed by atoms with van der Waals surface area (Å²) < 4.78 is 15.6. The van der Waals surface area contributed by atoms with Crippen LogP contribution in [0, 0.1) is 0 Å². The Morgan fingerprint density at radius 1 is 1.00 bits per heavy atom. The fourth-order valence-electron chi connectivity index (χ4n) is 2.71. The van der Waals surface area contributed by atoms with Gasteiger partial charge < -0.3 is 24.6 Å². The quantitative estimate of drug-likeness (QED) is 0.353. The lowest BCUT2D eigenvalue weighted by Gasteiger charge is -2.19. The maximum Gasteiger partial charge on any atom is 0.321 e. The summed E-state index contributed by atoms with van der Waals surface area (Å²) in [5.41, 5.74) is 0.564. The van der Waals surface area contributed by atoms with E-state index in [9.17, 15) is 24.3 Å². The van der Waals surface area contributed by atoms with Gasteiger partial charge in [0, 0.05) is 26.3 Å². The summed E-state index contributed by atoms with van der Waals surface area (Å²) in [7, 11) is 0. The molecule has 9 heteroatoms. The van der Waals surface area contributed by atoms with Gasteiger partial charge in [0.15, 0.2) is 11.5 Å². The van der Waals surface area contributed by atoms with Crippen LogP contribution in [-0.4, -0.2) is 47.7 Å². The zero-order valence-corrected chi connectivity index (χ0v) is 18.4. The van der Waals surface area contributed by atoms with Crippen LogP contribution in [0.5, 0.6) is 11.5 Å². The lowest BCUT2D eigenvalue weighted by atomic mass is 10.0. The monoisotopic (exact) mass is 437 g/mol. The molecule has 0 aliphatic heterocycles. The highest BCUT2D eigenvalue weighted by atomic mass is 16.6. The maximum absolute atomic E-state index is 12.0. The molecular weight excluding hydrogens is 406 g/mol. The van der Waals surface area contributed by atoms with Crippen LogP contribution in [0.15, 0.2) is 18.2 Å². The summed E-state index contributed by atoms with van der Waals surface area (Å²) in [5, 5.41) is 12.4. The zero-order valence-electron chi connectivity index (χ0n) is 18.4. The summed E-state index contributed by atoms with van der Waals surface area (Å²) in [6, 6.07) is 3.62. The van der Waals surface area contributed by atoms with E-state index in [0.717, 1.165) is 0 Å². The van der Waals surface area contributed by atoms with Crippen molar-refractivity contribution in [2.45, 2.75) is 71.9 Å². The van der Waals surface area contributed by atoms with Crippen LogP contribution in [0.2, 0.25) is 0 Å². The summed E-state index contributed by atoms with van der Waals surface area (Å²) in [6.45, 7) is 6.76. The van der Waals surface area contributed by atoms with Crippen molar-refractivity contribution in [1.29, 1.82) is 0 Å². The van der Waals surface area contributed by atoms with E-state index >= 15 is 0 Å². The normalized spacial score (nSPS) is 12.5. The molecule has 0 radical (unpaired) electrons. The van der Waals surface area contributed by atoms with Crippen molar-refractivity contribution in [3.63, 3.8) is 0 Å². The fraction of sp³-hybridized carbons (Fsp3) is 0.545. The minimum Gasteiger partial charge on any atom is -0.480 e. The molecule has 2 atom stereocenters. The highest BCUT2D eigenvalue weighted by Gasteiger charge is 2.21. The Balaban J connectivity index is 2.99. The van der Waals surface area contributed by atoms with E-state index in [1.165, 1.54) is 19.1 Å². The number of carboxylic acids is 1. The lowest BCUT2D eigenvalue weighted by Crippen LogP contribution is -2.42. The smallest absolute Gasteiger partial charge is 0.321 e. The van der Waals surface area contributed by atoms with Crippen LogP contribution in [0.4, 0.5) is 0 Å². The number of hydrogen-bond acceptors (Lipinski definition) is 8. The van der Waals surface area contributed by atoms with Gasteiger partial charge in [-0.05, 0) is 43.9 Å². The number of esters is 3. The molecule has 0 heterocycles. The van der Waals surface area contributed by atoms with Crippen molar-refractivity contribution >= 4 is 23.9 Å². The maximum atomic E-state index is 12.0. The van der Waals surface area contributed by atoms with Gasteiger partial charge in [-0.3, -0.25) is 19.2 Å². The summed E-state index contributed by atoms with van der Waals surface area (Å²) in [5.74, 6) is -2.29.